The lowest BCUT2D eigenvalue weighted by Gasteiger charge is -2.09. The smallest absolute Gasteiger partial charge is 0.339 e. The summed E-state index contributed by atoms with van der Waals surface area (Å²) in [5.41, 5.74) is 1.07. The predicted octanol–water partition coefficient (Wildman–Crippen LogP) is 2.77. The van der Waals surface area contributed by atoms with Gasteiger partial charge in [-0.2, -0.15) is 0 Å². The number of benzene rings is 1. The molecule has 4 heteroatoms. The molecule has 0 spiro atoms. The zero-order valence-corrected chi connectivity index (χ0v) is 10.2. The van der Waals surface area contributed by atoms with Crippen LogP contribution in [0.5, 0.6) is 0 Å². The fourth-order valence-corrected chi connectivity index (χ4v) is 2.11. The molecule has 4 nitrogen and oxygen atoms in total. The number of hydrogen-bond donors (Lipinski definition) is 2. The maximum absolute atomic E-state index is 11.3. The van der Waals surface area contributed by atoms with Crippen LogP contribution in [0.1, 0.15) is 35.9 Å². The van der Waals surface area contributed by atoms with Crippen molar-refractivity contribution < 1.29 is 14.3 Å². The minimum Gasteiger partial charge on any atom is -0.478 e. The van der Waals surface area contributed by atoms with E-state index in [1.165, 1.54) is 0 Å². The van der Waals surface area contributed by atoms with Gasteiger partial charge in [-0.05, 0) is 25.8 Å². The van der Waals surface area contributed by atoms with E-state index < -0.39 is 5.97 Å². The Bertz CT molecular complexity index is 611. The Balaban J connectivity index is 1.99. The van der Waals surface area contributed by atoms with Crippen LogP contribution in [0.15, 0.2) is 28.7 Å². The molecule has 1 aliphatic carbocycles. The molecule has 2 aromatic rings. The Morgan fingerprint density at radius 1 is 1.44 bits per heavy atom. The molecule has 1 aromatic carbocycles. The van der Waals surface area contributed by atoms with Crippen molar-refractivity contribution in [2.45, 2.75) is 31.8 Å². The molecular weight excluding hydrogens is 230 g/mol. The summed E-state index contributed by atoms with van der Waals surface area (Å²) in [6.07, 6.45) is 2.27. The van der Waals surface area contributed by atoms with Gasteiger partial charge in [-0.1, -0.05) is 18.2 Å². The number of rotatable bonds is 4. The molecule has 0 saturated heterocycles. The summed E-state index contributed by atoms with van der Waals surface area (Å²) >= 11 is 0. The van der Waals surface area contributed by atoms with Crippen molar-refractivity contribution in [3.05, 3.63) is 35.6 Å². The van der Waals surface area contributed by atoms with Crippen LogP contribution >= 0.6 is 0 Å². The van der Waals surface area contributed by atoms with Gasteiger partial charge in [0.2, 0.25) is 0 Å². The zero-order valence-electron chi connectivity index (χ0n) is 10.2. The molecule has 1 aromatic heterocycles. The lowest BCUT2D eigenvalue weighted by Crippen LogP contribution is -2.27. The van der Waals surface area contributed by atoms with Crippen molar-refractivity contribution in [3.8, 4) is 0 Å². The number of furan rings is 1. The Hall–Kier alpha value is -1.81. The van der Waals surface area contributed by atoms with E-state index in [0.717, 1.165) is 12.8 Å². The highest BCUT2D eigenvalue weighted by Gasteiger charge is 2.37. The van der Waals surface area contributed by atoms with Gasteiger partial charge in [0, 0.05) is 10.9 Å². The zero-order chi connectivity index (χ0) is 12.8. The van der Waals surface area contributed by atoms with Gasteiger partial charge < -0.3 is 14.8 Å². The molecule has 94 valence electrons. The molecule has 1 saturated carbocycles. The highest BCUT2D eigenvalue weighted by atomic mass is 16.4. The van der Waals surface area contributed by atoms with Crippen LogP contribution in [0.2, 0.25) is 0 Å². The summed E-state index contributed by atoms with van der Waals surface area (Å²) in [4.78, 5) is 11.3. The van der Waals surface area contributed by atoms with Crippen LogP contribution in [0.25, 0.3) is 11.0 Å². The van der Waals surface area contributed by atoms with Crippen LogP contribution < -0.4 is 5.32 Å². The quantitative estimate of drug-likeness (QED) is 0.869. The van der Waals surface area contributed by atoms with E-state index in [4.69, 9.17) is 4.42 Å². The van der Waals surface area contributed by atoms with Gasteiger partial charge in [0.05, 0.1) is 6.54 Å². The highest BCUT2D eigenvalue weighted by molar-refractivity contribution is 6.03. The van der Waals surface area contributed by atoms with Crippen LogP contribution in [0, 0.1) is 0 Å². The lowest BCUT2D eigenvalue weighted by atomic mass is 10.1. The third kappa shape index (κ3) is 1.88. The number of carbonyl (C=O) groups is 1. The first-order chi connectivity index (χ1) is 8.59. The summed E-state index contributed by atoms with van der Waals surface area (Å²) in [6, 6.07) is 7.25. The lowest BCUT2D eigenvalue weighted by molar-refractivity contribution is 0.0696. The van der Waals surface area contributed by atoms with Crippen LogP contribution in [0.4, 0.5) is 0 Å². The molecule has 18 heavy (non-hydrogen) atoms. The van der Waals surface area contributed by atoms with Crippen molar-refractivity contribution in [1.82, 2.24) is 5.32 Å². The Labute approximate surface area is 105 Å². The third-order valence-corrected chi connectivity index (χ3v) is 3.56. The molecule has 0 bridgehead atoms. The van der Waals surface area contributed by atoms with Crippen molar-refractivity contribution in [3.63, 3.8) is 0 Å². The topological polar surface area (TPSA) is 62.5 Å². The number of nitrogens with one attached hydrogen (secondary N) is 1. The largest absolute Gasteiger partial charge is 0.478 e. The van der Waals surface area contributed by atoms with Crippen molar-refractivity contribution in [1.29, 1.82) is 0 Å². The molecule has 0 unspecified atom stereocenters. The molecule has 0 aliphatic heterocycles. The van der Waals surface area contributed by atoms with Crippen molar-refractivity contribution >= 4 is 16.9 Å². The SMILES string of the molecule is CC1(NCc2oc3ccccc3c2C(=O)O)CC1. The van der Waals surface area contributed by atoms with Crippen LogP contribution in [-0.4, -0.2) is 16.6 Å². The second-order valence-corrected chi connectivity index (χ2v) is 5.12. The first-order valence-electron chi connectivity index (χ1n) is 6.08. The summed E-state index contributed by atoms with van der Waals surface area (Å²) in [6.45, 7) is 2.60. The van der Waals surface area contributed by atoms with Gasteiger partial charge >= 0.3 is 5.97 Å². The number of carboxylic acids is 1. The van der Waals surface area contributed by atoms with Gasteiger partial charge in [0.1, 0.15) is 16.9 Å². The molecule has 0 atom stereocenters. The maximum atomic E-state index is 11.3. The van der Waals surface area contributed by atoms with E-state index >= 15 is 0 Å². The van der Waals surface area contributed by atoms with Crippen LogP contribution in [-0.2, 0) is 6.54 Å². The number of hydrogen-bond acceptors (Lipinski definition) is 3. The van der Waals surface area contributed by atoms with Crippen molar-refractivity contribution in [2.75, 3.05) is 0 Å². The van der Waals surface area contributed by atoms with E-state index in [0.29, 0.717) is 23.3 Å². The summed E-state index contributed by atoms with van der Waals surface area (Å²) in [5.74, 6) is -0.422. The second-order valence-electron chi connectivity index (χ2n) is 5.12. The maximum Gasteiger partial charge on any atom is 0.339 e. The molecule has 1 aliphatic rings. The number of carboxylic acid groups (broad SMARTS) is 1. The summed E-state index contributed by atoms with van der Waals surface area (Å²) in [7, 11) is 0. The van der Waals surface area contributed by atoms with E-state index in [1.807, 2.05) is 12.1 Å². The average Bonchev–Trinajstić information content (AvgIpc) is 2.95. The van der Waals surface area contributed by atoms with E-state index in [1.54, 1.807) is 12.1 Å². The predicted molar refractivity (Wildman–Crippen MR) is 67.7 cm³/mol. The Kier molecular flexibility index (Phi) is 2.41. The standard InChI is InChI=1S/C14H15NO3/c1-14(6-7-14)15-8-11-12(13(16)17)9-4-2-3-5-10(9)18-11/h2-5,15H,6-8H2,1H3,(H,16,17). The fraction of sp³-hybridized carbons (Fsp3) is 0.357. The van der Waals surface area contributed by atoms with Gasteiger partial charge in [-0.3, -0.25) is 0 Å². The Morgan fingerprint density at radius 2 is 2.17 bits per heavy atom. The molecular formula is C14H15NO3. The fourth-order valence-electron chi connectivity index (χ4n) is 2.11. The second kappa shape index (κ2) is 3.85. The minimum absolute atomic E-state index is 0.161. The summed E-state index contributed by atoms with van der Waals surface area (Å²) in [5, 5.41) is 13.3. The summed E-state index contributed by atoms with van der Waals surface area (Å²) < 4.78 is 5.64. The molecule has 1 heterocycles. The Morgan fingerprint density at radius 3 is 2.83 bits per heavy atom. The van der Waals surface area contributed by atoms with Gasteiger partial charge in [0.25, 0.3) is 0 Å². The van der Waals surface area contributed by atoms with Gasteiger partial charge in [0.15, 0.2) is 0 Å². The molecule has 0 amide bonds. The molecule has 2 N–H and O–H groups in total. The van der Waals surface area contributed by atoms with E-state index in [-0.39, 0.29) is 11.1 Å². The monoisotopic (exact) mass is 245 g/mol. The molecule has 3 rings (SSSR count). The number of fused-ring (bicyclic) bond motifs is 1. The number of para-hydroxylation sites is 1. The third-order valence-electron chi connectivity index (χ3n) is 3.56. The average molecular weight is 245 g/mol. The van der Waals surface area contributed by atoms with Gasteiger partial charge in [-0.25, -0.2) is 4.79 Å². The van der Waals surface area contributed by atoms with Gasteiger partial charge in [-0.15, -0.1) is 0 Å². The number of aromatic carboxylic acids is 1. The minimum atomic E-state index is -0.933. The molecule has 0 radical (unpaired) electrons. The highest BCUT2D eigenvalue weighted by Crippen LogP contribution is 2.35. The first kappa shape index (κ1) is 11.3. The van der Waals surface area contributed by atoms with E-state index in [9.17, 15) is 9.90 Å². The van der Waals surface area contributed by atoms with Crippen LogP contribution in [0.3, 0.4) is 0 Å². The first-order valence-corrected chi connectivity index (χ1v) is 6.08. The van der Waals surface area contributed by atoms with E-state index in [2.05, 4.69) is 12.2 Å². The van der Waals surface area contributed by atoms with Crippen molar-refractivity contribution in [2.24, 2.45) is 0 Å². The normalized spacial score (nSPS) is 16.9. The molecule has 1 fully saturated rings.